The fraction of sp³-hybridized carbons (Fsp3) is 0.542. The number of aliphatic carboxylic acids is 2. The summed E-state index contributed by atoms with van der Waals surface area (Å²) in [6.07, 6.45) is 2.14. The lowest BCUT2D eigenvalue weighted by Gasteiger charge is -2.28. The van der Waals surface area contributed by atoms with E-state index >= 15 is 0 Å². The van der Waals surface area contributed by atoms with Crippen LogP contribution in [0.1, 0.15) is 44.1 Å². The van der Waals surface area contributed by atoms with Crippen molar-refractivity contribution in [1.82, 2.24) is 20.9 Å². The predicted octanol–water partition coefficient (Wildman–Crippen LogP) is -0.109. The Hall–Kier alpha value is -3.47. The third-order valence-electron chi connectivity index (χ3n) is 6.37. The second kappa shape index (κ2) is 12.3. The molecule has 3 rings (SSSR count). The van der Waals surface area contributed by atoms with Crippen LogP contribution in [-0.4, -0.2) is 82.0 Å². The summed E-state index contributed by atoms with van der Waals surface area (Å²) in [5, 5.41) is 26.5. The summed E-state index contributed by atoms with van der Waals surface area (Å²) in [5.74, 6) is -3.86. The van der Waals surface area contributed by atoms with Crippen molar-refractivity contribution in [3.05, 3.63) is 35.9 Å². The summed E-state index contributed by atoms with van der Waals surface area (Å²) in [5.41, 5.74) is 0.750. The molecule has 11 heteroatoms. The maximum absolute atomic E-state index is 13.2. The van der Waals surface area contributed by atoms with E-state index < -0.39 is 48.3 Å². The quantitative estimate of drug-likeness (QED) is 0.288. The molecule has 11 nitrogen and oxygen atoms in total. The van der Waals surface area contributed by atoms with Gasteiger partial charge in [0.05, 0.1) is 6.04 Å². The number of rotatable bonds is 11. The highest BCUT2D eigenvalue weighted by Crippen LogP contribution is 2.21. The average molecular weight is 489 g/mol. The molecule has 3 amide bonds. The van der Waals surface area contributed by atoms with Crippen LogP contribution >= 0.6 is 0 Å². The van der Waals surface area contributed by atoms with Gasteiger partial charge in [-0.05, 0) is 44.2 Å². The molecule has 35 heavy (non-hydrogen) atoms. The summed E-state index contributed by atoms with van der Waals surface area (Å²) in [6, 6.07) is 5.41. The molecule has 2 heterocycles. The lowest BCUT2D eigenvalue weighted by atomic mass is 10.0. The van der Waals surface area contributed by atoms with Crippen molar-refractivity contribution >= 4 is 29.7 Å². The summed E-state index contributed by atoms with van der Waals surface area (Å²) in [7, 11) is 0. The van der Waals surface area contributed by atoms with Crippen LogP contribution < -0.4 is 16.0 Å². The molecule has 2 aliphatic rings. The Labute approximate surface area is 203 Å². The second-order valence-electron chi connectivity index (χ2n) is 8.92. The van der Waals surface area contributed by atoms with E-state index in [1.807, 2.05) is 6.07 Å². The van der Waals surface area contributed by atoms with Crippen molar-refractivity contribution in [2.75, 3.05) is 13.1 Å². The molecule has 2 saturated heterocycles. The minimum Gasteiger partial charge on any atom is -0.481 e. The zero-order valence-electron chi connectivity index (χ0n) is 19.4. The van der Waals surface area contributed by atoms with E-state index in [2.05, 4.69) is 16.0 Å². The van der Waals surface area contributed by atoms with Gasteiger partial charge in [-0.1, -0.05) is 30.3 Å². The number of carboxylic acids is 2. The van der Waals surface area contributed by atoms with Gasteiger partial charge in [-0.25, -0.2) is 4.79 Å². The van der Waals surface area contributed by atoms with E-state index in [-0.39, 0.29) is 24.8 Å². The van der Waals surface area contributed by atoms with Crippen LogP contribution in [0.4, 0.5) is 0 Å². The third-order valence-corrected chi connectivity index (χ3v) is 6.37. The fourth-order valence-corrected chi connectivity index (χ4v) is 4.52. The predicted molar refractivity (Wildman–Crippen MR) is 124 cm³/mol. The standard InChI is InChI=1S/C24H32N4O7/c29-20(30)11-10-17(24(34)35)26-21(31)18(14-15-6-2-1-3-7-15)27-22(32)19-9-5-13-28(19)23(33)16-8-4-12-25-16/h1-3,6-7,16-19,25H,4-5,8-14H2,(H,26,31)(H,27,32)(H,29,30)(H,34,35). The van der Waals surface area contributed by atoms with Gasteiger partial charge < -0.3 is 31.1 Å². The molecule has 2 fully saturated rings. The number of carboxylic acid groups (broad SMARTS) is 2. The number of carbonyl (C=O) groups excluding carboxylic acids is 3. The van der Waals surface area contributed by atoms with Crippen LogP contribution in [0.2, 0.25) is 0 Å². The van der Waals surface area contributed by atoms with Crippen molar-refractivity contribution in [2.24, 2.45) is 0 Å². The first-order chi connectivity index (χ1) is 16.8. The minimum atomic E-state index is -1.41. The first-order valence-electron chi connectivity index (χ1n) is 11.9. The molecule has 0 spiro atoms. The first-order valence-corrected chi connectivity index (χ1v) is 11.9. The van der Waals surface area contributed by atoms with Gasteiger partial charge in [0, 0.05) is 19.4 Å². The monoisotopic (exact) mass is 488 g/mol. The molecule has 4 unspecified atom stereocenters. The number of nitrogens with zero attached hydrogens (tertiary/aromatic N) is 1. The number of nitrogens with one attached hydrogen (secondary N) is 3. The lowest BCUT2D eigenvalue weighted by Crippen LogP contribution is -2.57. The molecule has 0 aromatic heterocycles. The van der Waals surface area contributed by atoms with E-state index in [1.54, 1.807) is 29.2 Å². The van der Waals surface area contributed by atoms with E-state index in [4.69, 9.17) is 5.11 Å². The van der Waals surface area contributed by atoms with Crippen LogP contribution in [0.5, 0.6) is 0 Å². The SMILES string of the molecule is O=C(O)CCC(NC(=O)C(Cc1ccccc1)NC(=O)C1CCCN1C(=O)C1CCCN1)C(=O)O. The van der Waals surface area contributed by atoms with Gasteiger partial charge in [-0.3, -0.25) is 19.2 Å². The van der Waals surface area contributed by atoms with Crippen molar-refractivity contribution in [2.45, 2.75) is 69.1 Å². The molecular formula is C24H32N4O7. The Balaban J connectivity index is 1.72. The number of carbonyl (C=O) groups is 5. The van der Waals surface area contributed by atoms with Crippen LogP contribution in [0, 0.1) is 0 Å². The van der Waals surface area contributed by atoms with Gasteiger partial charge in [0.15, 0.2) is 0 Å². The van der Waals surface area contributed by atoms with Crippen LogP contribution in [0.3, 0.4) is 0 Å². The Bertz CT molecular complexity index is 933. The molecule has 0 aliphatic carbocycles. The highest BCUT2D eigenvalue weighted by molar-refractivity contribution is 5.94. The zero-order valence-corrected chi connectivity index (χ0v) is 19.4. The fourth-order valence-electron chi connectivity index (χ4n) is 4.52. The van der Waals surface area contributed by atoms with Gasteiger partial charge in [0.2, 0.25) is 17.7 Å². The summed E-state index contributed by atoms with van der Waals surface area (Å²) < 4.78 is 0. The maximum atomic E-state index is 13.2. The Morgan fingerprint density at radius 3 is 2.37 bits per heavy atom. The van der Waals surface area contributed by atoms with Gasteiger partial charge in [-0.2, -0.15) is 0 Å². The molecular weight excluding hydrogens is 456 g/mol. The number of hydrogen-bond donors (Lipinski definition) is 5. The van der Waals surface area contributed by atoms with E-state index in [1.165, 1.54) is 0 Å². The molecule has 0 saturated carbocycles. The van der Waals surface area contributed by atoms with E-state index in [0.29, 0.717) is 19.4 Å². The Morgan fingerprint density at radius 2 is 1.74 bits per heavy atom. The Morgan fingerprint density at radius 1 is 1.00 bits per heavy atom. The highest BCUT2D eigenvalue weighted by Gasteiger charge is 2.39. The maximum Gasteiger partial charge on any atom is 0.326 e. The molecule has 1 aromatic rings. The largest absolute Gasteiger partial charge is 0.481 e. The van der Waals surface area contributed by atoms with Gasteiger partial charge in [-0.15, -0.1) is 0 Å². The number of benzene rings is 1. The topological polar surface area (TPSA) is 165 Å². The molecule has 0 radical (unpaired) electrons. The zero-order chi connectivity index (χ0) is 25.4. The number of hydrogen-bond acceptors (Lipinski definition) is 6. The lowest BCUT2D eigenvalue weighted by molar-refractivity contribution is -0.144. The van der Waals surface area contributed by atoms with E-state index in [9.17, 15) is 29.1 Å². The smallest absolute Gasteiger partial charge is 0.326 e. The van der Waals surface area contributed by atoms with Crippen LogP contribution in [0.15, 0.2) is 30.3 Å². The van der Waals surface area contributed by atoms with Gasteiger partial charge >= 0.3 is 11.9 Å². The summed E-state index contributed by atoms with van der Waals surface area (Å²) in [6.45, 7) is 1.22. The molecule has 5 N–H and O–H groups in total. The van der Waals surface area contributed by atoms with Gasteiger partial charge in [0.1, 0.15) is 18.1 Å². The van der Waals surface area contributed by atoms with Crippen molar-refractivity contribution in [3.8, 4) is 0 Å². The third kappa shape index (κ3) is 7.25. The average Bonchev–Trinajstić information content (AvgIpc) is 3.53. The normalized spacial score (nSPS) is 21.2. The summed E-state index contributed by atoms with van der Waals surface area (Å²) in [4.78, 5) is 63.2. The van der Waals surface area contributed by atoms with Crippen LogP contribution in [-0.2, 0) is 30.4 Å². The minimum absolute atomic E-state index is 0.106. The molecule has 2 aliphatic heterocycles. The molecule has 4 atom stereocenters. The highest BCUT2D eigenvalue weighted by atomic mass is 16.4. The van der Waals surface area contributed by atoms with Crippen molar-refractivity contribution in [3.63, 3.8) is 0 Å². The van der Waals surface area contributed by atoms with Crippen LogP contribution in [0.25, 0.3) is 0 Å². The molecule has 1 aromatic carbocycles. The summed E-state index contributed by atoms with van der Waals surface area (Å²) >= 11 is 0. The first kappa shape index (κ1) is 26.1. The van der Waals surface area contributed by atoms with Gasteiger partial charge in [0.25, 0.3) is 0 Å². The number of likely N-dealkylation sites (tertiary alicyclic amines) is 1. The van der Waals surface area contributed by atoms with E-state index in [0.717, 1.165) is 24.9 Å². The molecule has 190 valence electrons. The second-order valence-corrected chi connectivity index (χ2v) is 8.92. The number of amides is 3. The van der Waals surface area contributed by atoms with Crippen molar-refractivity contribution in [1.29, 1.82) is 0 Å². The van der Waals surface area contributed by atoms with Crippen molar-refractivity contribution < 1.29 is 34.2 Å². The molecule has 0 bridgehead atoms. The Kier molecular flexibility index (Phi) is 9.18.